The van der Waals surface area contributed by atoms with Crippen LogP contribution in [-0.2, 0) is 0 Å². The molecule has 0 fully saturated rings. The van der Waals surface area contributed by atoms with Crippen LogP contribution in [0.2, 0.25) is 0 Å². The molecule has 0 unspecified atom stereocenters. The SMILES string of the molecule is Cc1ccc2nc(-c3cccc(Br)c3)oc2n1. The largest absolute Gasteiger partial charge is 0.418 e. The second-order valence-corrected chi connectivity index (χ2v) is 4.72. The molecule has 4 heteroatoms. The minimum Gasteiger partial charge on any atom is -0.418 e. The number of benzene rings is 1. The van der Waals surface area contributed by atoms with Gasteiger partial charge in [0.25, 0.3) is 0 Å². The summed E-state index contributed by atoms with van der Waals surface area (Å²) in [6.07, 6.45) is 0. The topological polar surface area (TPSA) is 38.9 Å². The predicted molar refractivity (Wildman–Crippen MR) is 69.7 cm³/mol. The molecule has 17 heavy (non-hydrogen) atoms. The quantitative estimate of drug-likeness (QED) is 0.680. The van der Waals surface area contributed by atoms with Gasteiger partial charge in [-0.1, -0.05) is 22.0 Å². The van der Waals surface area contributed by atoms with Gasteiger partial charge >= 0.3 is 0 Å². The number of pyridine rings is 1. The molecule has 3 rings (SSSR count). The van der Waals surface area contributed by atoms with Gasteiger partial charge in [0, 0.05) is 15.7 Å². The predicted octanol–water partition coefficient (Wildman–Crippen LogP) is 3.96. The summed E-state index contributed by atoms with van der Waals surface area (Å²) in [5.74, 6) is 0.597. The van der Waals surface area contributed by atoms with E-state index in [0.29, 0.717) is 11.6 Å². The maximum absolute atomic E-state index is 5.65. The van der Waals surface area contributed by atoms with Crippen molar-refractivity contribution in [2.75, 3.05) is 0 Å². The van der Waals surface area contributed by atoms with Gasteiger partial charge in [-0.05, 0) is 37.3 Å². The Hall–Kier alpha value is -1.68. The summed E-state index contributed by atoms with van der Waals surface area (Å²) in [7, 11) is 0. The Bertz CT molecular complexity index is 691. The molecule has 0 N–H and O–H groups in total. The van der Waals surface area contributed by atoms with Crippen LogP contribution in [0.1, 0.15) is 5.69 Å². The Kier molecular flexibility index (Phi) is 2.44. The Morgan fingerprint density at radius 1 is 1.12 bits per heavy atom. The fraction of sp³-hybridized carbons (Fsp3) is 0.0769. The van der Waals surface area contributed by atoms with Gasteiger partial charge in [0.2, 0.25) is 11.6 Å². The third-order valence-electron chi connectivity index (χ3n) is 2.47. The molecule has 0 amide bonds. The van der Waals surface area contributed by atoms with Gasteiger partial charge in [-0.15, -0.1) is 0 Å². The third kappa shape index (κ3) is 1.96. The highest BCUT2D eigenvalue weighted by Gasteiger charge is 2.09. The van der Waals surface area contributed by atoms with Gasteiger partial charge in [0.05, 0.1) is 0 Å². The first-order chi connectivity index (χ1) is 8.22. The van der Waals surface area contributed by atoms with E-state index in [1.165, 1.54) is 0 Å². The van der Waals surface area contributed by atoms with Crippen LogP contribution in [0.15, 0.2) is 45.3 Å². The summed E-state index contributed by atoms with van der Waals surface area (Å²) in [4.78, 5) is 8.72. The van der Waals surface area contributed by atoms with Crippen LogP contribution < -0.4 is 0 Å². The zero-order valence-corrected chi connectivity index (χ0v) is 10.7. The van der Waals surface area contributed by atoms with Gasteiger partial charge in [-0.25, -0.2) is 9.97 Å². The van der Waals surface area contributed by atoms with E-state index in [0.717, 1.165) is 21.2 Å². The van der Waals surface area contributed by atoms with Crippen LogP contribution in [-0.4, -0.2) is 9.97 Å². The Morgan fingerprint density at radius 3 is 2.82 bits per heavy atom. The van der Waals surface area contributed by atoms with Crippen molar-refractivity contribution in [3.8, 4) is 11.5 Å². The van der Waals surface area contributed by atoms with Crippen LogP contribution >= 0.6 is 15.9 Å². The molecule has 0 aliphatic rings. The lowest BCUT2D eigenvalue weighted by molar-refractivity contribution is 0.607. The van der Waals surface area contributed by atoms with Gasteiger partial charge in [0.15, 0.2) is 0 Å². The molecule has 0 aliphatic heterocycles. The molecule has 0 saturated carbocycles. The average Bonchev–Trinajstić information content (AvgIpc) is 2.72. The van der Waals surface area contributed by atoms with Crippen LogP contribution in [0, 0.1) is 6.92 Å². The van der Waals surface area contributed by atoms with Gasteiger partial charge < -0.3 is 4.42 Å². The van der Waals surface area contributed by atoms with Crippen molar-refractivity contribution >= 4 is 27.2 Å². The highest BCUT2D eigenvalue weighted by atomic mass is 79.9. The first-order valence-electron chi connectivity index (χ1n) is 5.22. The van der Waals surface area contributed by atoms with Gasteiger partial charge in [-0.3, -0.25) is 0 Å². The summed E-state index contributed by atoms with van der Waals surface area (Å²) >= 11 is 3.43. The minimum absolute atomic E-state index is 0.583. The van der Waals surface area contributed by atoms with E-state index in [1.54, 1.807) is 0 Å². The van der Waals surface area contributed by atoms with Crippen molar-refractivity contribution in [1.29, 1.82) is 0 Å². The maximum Gasteiger partial charge on any atom is 0.247 e. The van der Waals surface area contributed by atoms with Crippen LogP contribution in [0.4, 0.5) is 0 Å². The zero-order chi connectivity index (χ0) is 11.8. The number of hydrogen-bond donors (Lipinski definition) is 0. The zero-order valence-electron chi connectivity index (χ0n) is 9.14. The first kappa shape index (κ1) is 10.5. The molecule has 84 valence electrons. The lowest BCUT2D eigenvalue weighted by Gasteiger charge is -1.94. The highest BCUT2D eigenvalue weighted by molar-refractivity contribution is 9.10. The summed E-state index contributed by atoms with van der Waals surface area (Å²) in [5.41, 5.74) is 3.23. The van der Waals surface area contributed by atoms with Crippen LogP contribution in [0.25, 0.3) is 22.7 Å². The number of hydrogen-bond acceptors (Lipinski definition) is 3. The number of rotatable bonds is 1. The molecule has 1 aromatic carbocycles. The van der Waals surface area contributed by atoms with Crippen molar-refractivity contribution < 1.29 is 4.42 Å². The maximum atomic E-state index is 5.65. The molecule has 0 aliphatic carbocycles. The average molecular weight is 289 g/mol. The lowest BCUT2D eigenvalue weighted by Crippen LogP contribution is -1.78. The number of aromatic nitrogens is 2. The van der Waals surface area contributed by atoms with Crippen molar-refractivity contribution in [3.05, 3.63) is 46.6 Å². The smallest absolute Gasteiger partial charge is 0.247 e. The molecule has 0 bridgehead atoms. The number of oxazole rings is 1. The van der Waals surface area contributed by atoms with E-state index in [2.05, 4.69) is 25.9 Å². The standard InChI is InChI=1S/C13H9BrN2O/c1-8-5-6-11-13(15-8)17-12(16-11)9-3-2-4-10(14)7-9/h2-7H,1H3. The van der Waals surface area contributed by atoms with E-state index in [-0.39, 0.29) is 0 Å². The molecule has 0 radical (unpaired) electrons. The molecule has 0 atom stereocenters. The van der Waals surface area contributed by atoms with Crippen molar-refractivity contribution in [1.82, 2.24) is 9.97 Å². The highest BCUT2D eigenvalue weighted by Crippen LogP contribution is 2.25. The Labute approximate surface area is 107 Å². The molecule has 0 spiro atoms. The molecule has 2 aromatic heterocycles. The molecule has 2 heterocycles. The molecular weight excluding hydrogens is 280 g/mol. The van der Waals surface area contributed by atoms with Crippen molar-refractivity contribution in [2.24, 2.45) is 0 Å². The number of fused-ring (bicyclic) bond motifs is 1. The lowest BCUT2D eigenvalue weighted by atomic mass is 10.2. The van der Waals surface area contributed by atoms with Crippen LogP contribution in [0.5, 0.6) is 0 Å². The number of nitrogens with zero attached hydrogens (tertiary/aromatic N) is 2. The Balaban J connectivity index is 2.18. The normalized spacial score (nSPS) is 10.9. The van der Waals surface area contributed by atoms with E-state index in [9.17, 15) is 0 Å². The Morgan fingerprint density at radius 2 is 2.00 bits per heavy atom. The van der Waals surface area contributed by atoms with Crippen molar-refractivity contribution in [3.63, 3.8) is 0 Å². The molecule has 3 nitrogen and oxygen atoms in total. The second-order valence-electron chi connectivity index (χ2n) is 3.81. The van der Waals surface area contributed by atoms with E-state index in [1.807, 2.05) is 43.3 Å². The third-order valence-corrected chi connectivity index (χ3v) is 2.96. The molecular formula is C13H9BrN2O. The monoisotopic (exact) mass is 288 g/mol. The second kappa shape index (κ2) is 3.96. The summed E-state index contributed by atoms with van der Waals surface area (Å²) in [6.45, 7) is 1.93. The summed E-state index contributed by atoms with van der Waals surface area (Å²) in [6, 6.07) is 11.7. The van der Waals surface area contributed by atoms with E-state index >= 15 is 0 Å². The fourth-order valence-electron chi connectivity index (χ4n) is 1.65. The molecule has 0 saturated heterocycles. The molecule has 3 aromatic rings. The van der Waals surface area contributed by atoms with E-state index < -0.39 is 0 Å². The number of halogens is 1. The van der Waals surface area contributed by atoms with Crippen molar-refractivity contribution in [2.45, 2.75) is 6.92 Å². The summed E-state index contributed by atoms with van der Waals surface area (Å²) < 4.78 is 6.65. The fourth-order valence-corrected chi connectivity index (χ4v) is 2.05. The van der Waals surface area contributed by atoms with Gasteiger partial charge in [0.1, 0.15) is 5.52 Å². The minimum atomic E-state index is 0.583. The first-order valence-corrected chi connectivity index (χ1v) is 6.02. The van der Waals surface area contributed by atoms with E-state index in [4.69, 9.17) is 4.42 Å². The number of aryl methyl sites for hydroxylation is 1. The summed E-state index contributed by atoms with van der Waals surface area (Å²) in [5, 5.41) is 0. The van der Waals surface area contributed by atoms with Gasteiger partial charge in [-0.2, -0.15) is 0 Å². The van der Waals surface area contributed by atoms with Crippen LogP contribution in [0.3, 0.4) is 0 Å².